The maximum atomic E-state index is 6.18. The average molecular weight is 330 g/mol. The fourth-order valence-electron chi connectivity index (χ4n) is 2.13. The van der Waals surface area contributed by atoms with Crippen molar-refractivity contribution in [2.75, 3.05) is 7.11 Å². The van der Waals surface area contributed by atoms with E-state index in [4.69, 9.17) is 39.5 Å². The largest absolute Gasteiger partial charge is 0.497 e. The van der Waals surface area contributed by atoms with Crippen LogP contribution in [0.15, 0.2) is 48.5 Å². The summed E-state index contributed by atoms with van der Waals surface area (Å²) in [6.07, 6.45) is 0. The number of hydrogen-bond acceptors (Lipinski definition) is 1. The van der Waals surface area contributed by atoms with E-state index < -0.39 is 3.79 Å². The van der Waals surface area contributed by atoms with Crippen LogP contribution in [0.4, 0.5) is 0 Å². The van der Waals surface area contributed by atoms with Gasteiger partial charge in [0.15, 0.2) is 0 Å². The highest BCUT2D eigenvalue weighted by atomic mass is 35.6. The van der Waals surface area contributed by atoms with Crippen molar-refractivity contribution < 1.29 is 4.74 Å². The van der Waals surface area contributed by atoms with E-state index in [1.54, 1.807) is 7.11 Å². The van der Waals surface area contributed by atoms with E-state index >= 15 is 0 Å². The van der Waals surface area contributed by atoms with Gasteiger partial charge in [-0.05, 0) is 30.2 Å². The molecule has 0 spiro atoms. The molecule has 2 rings (SSSR count). The highest BCUT2D eigenvalue weighted by Crippen LogP contribution is 2.45. The van der Waals surface area contributed by atoms with Gasteiger partial charge in [-0.15, -0.1) is 0 Å². The molecule has 4 heteroatoms. The van der Waals surface area contributed by atoms with Gasteiger partial charge in [0.1, 0.15) is 5.75 Å². The molecule has 0 heterocycles. The summed E-state index contributed by atoms with van der Waals surface area (Å²) >= 11 is 18.5. The normalized spacial score (nSPS) is 13.1. The van der Waals surface area contributed by atoms with Crippen LogP contribution in [0.25, 0.3) is 0 Å². The van der Waals surface area contributed by atoms with Gasteiger partial charge in [-0.1, -0.05) is 76.8 Å². The van der Waals surface area contributed by atoms with Crippen molar-refractivity contribution in [3.05, 3.63) is 65.2 Å². The van der Waals surface area contributed by atoms with Crippen LogP contribution in [-0.2, 0) is 0 Å². The molecule has 0 radical (unpaired) electrons. The van der Waals surface area contributed by atoms with E-state index in [9.17, 15) is 0 Å². The zero-order valence-corrected chi connectivity index (χ0v) is 13.5. The summed E-state index contributed by atoms with van der Waals surface area (Å²) in [5.41, 5.74) is 3.09. The third-order valence-electron chi connectivity index (χ3n) is 3.19. The minimum Gasteiger partial charge on any atom is -0.497 e. The van der Waals surface area contributed by atoms with Gasteiger partial charge >= 0.3 is 0 Å². The summed E-state index contributed by atoms with van der Waals surface area (Å²) in [6.45, 7) is 2.03. The standard InChI is InChI=1S/C16H15Cl3O/c1-11-3-5-12(6-4-11)15(16(17,18)19)13-7-9-14(20-2)10-8-13/h3-10,15H,1-2H3. The molecule has 2 aromatic rings. The molecule has 0 aliphatic carbocycles. The number of alkyl halides is 3. The van der Waals surface area contributed by atoms with E-state index in [1.165, 1.54) is 5.56 Å². The fraction of sp³-hybridized carbons (Fsp3) is 0.250. The van der Waals surface area contributed by atoms with Crippen molar-refractivity contribution in [2.45, 2.75) is 16.6 Å². The van der Waals surface area contributed by atoms with Gasteiger partial charge in [0, 0.05) is 0 Å². The highest BCUT2D eigenvalue weighted by Gasteiger charge is 2.35. The zero-order chi connectivity index (χ0) is 14.8. The Balaban J connectivity index is 2.44. The van der Waals surface area contributed by atoms with Gasteiger partial charge in [0.2, 0.25) is 3.79 Å². The Morgan fingerprint density at radius 2 is 1.30 bits per heavy atom. The first-order chi connectivity index (χ1) is 9.41. The highest BCUT2D eigenvalue weighted by molar-refractivity contribution is 6.68. The molecule has 0 amide bonds. The molecular formula is C16H15Cl3O. The van der Waals surface area contributed by atoms with Crippen LogP contribution in [0, 0.1) is 6.92 Å². The molecule has 20 heavy (non-hydrogen) atoms. The Kier molecular flexibility index (Phi) is 4.85. The Bertz CT molecular complexity index is 556. The quantitative estimate of drug-likeness (QED) is 0.675. The second-order valence-corrected chi connectivity index (χ2v) is 7.03. The molecule has 1 nitrogen and oxygen atoms in total. The molecule has 0 N–H and O–H groups in total. The maximum Gasteiger partial charge on any atom is 0.201 e. The van der Waals surface area contributed by atoms with Gasteiger partial charge in [-0.2, -0.15) is 0 Å². The van der Waals surface area contributed by atoms with Crippen LogP contribution in [-0.4, -0.2) is 10.9 Å². The van der Waals surface area contributed by atoms with Crippen molar-refractivity contribution in [3.8, 4) is 5.75 Å². The number of halogens is 3. The maximum absolute atomic E-state index is 6.18. The number of methoxy groups -OCH3 is 1. The van der Waals surface area contributed by atoms with E-state index in [2.05, 4.69) is 0 Å². The van der Waals surface area contributed by atoms with Crippen LogP contribution < -0.4 is 4.74 Å². The first-order valence-electron chi connectivity index (χ1n) is 6.19. The second-order valence-electron chi connectivity index (χ2n) is 4.66. The van der Waals surface area contributed by atoms with Gasteiger partial charge in [-0.3, -0.25) is 0 Å². The van der Waals surface area contributed by atoms with Gasteiger partial charge < -0.3 is 4.74 Å². The summed E-state index contributed by atoms with van der Waals surface area (Å²) < 4.78 is 3.74. The lowest BCUT2D eigenvalue weighted by molar-refractivity contribution is 0.414. The van der Waals surface area contributed by atoms with Gasteiger partial charge in [0.25, 0.3) is 0 Å². The molecule has 0 aliphatic rings. The third kappa shape index (κ3) is 3.60. The van der Waals surface area contributed by atoms with Gasteiger partial charge in [-0.25, -0.2) is 0 Å². The number of aryl methyl sites for hydroxylation is 1. The van der Waals surface area contributed by atoms with E-state index in [0.29, 0.717) is 0 Å². The first-order valence-corrected chi connectivity index (χ1v) is 7.32. The zero-order valence-electron chi connectivity index (χ0n) is 11.2. The molecule has 0 aliphatic heterocycles. The molecule has 0 fully saturated rings. The number of benzene rings is 2. The lowest BCUT2D eigenvalue weighted by Gasteiger charge is -2.25. The minimum absolute atomic E-state index is 0.320. The average Bonchev–Trinajstić information content (AvgIpc) is 2.41. The molecular weight excluding hydrogens is 315 g/mol. The Labute approximate surface area is 134 Å². The predicted octanol–water partition coefficient (Wildman–Crippen LogP) is 5.51. The number of hydrogen-bond donors (Lipinski definition) is 0. The third-order valence-corrected chi connectivity index (χ3v) is 3.84. The lowest BCUT2D eigenvalue weighted by atomic mass is 9.92. The van der Waals surface area contributed by atoms with Gasteiger partial charge in [0.05, 0.1) is 13.0 Å². The van der Waals surface area contributed by atoms with Crippen molar-refractivity contribution in [2.24, 2.45) is 0 Å². The Morgan fingerprint density at radius 1 is 0.850 bits per heavy atom. The van der Waals surface area contributed by atoms with Crippen molar-refractivity contribution in [1.29, 1.82) is 0 Å². The molecule has 106 valence electrons. The Morgan fingerprint density at radius 3 is 1.70 bits per heavy atom. The second kappa shape index (κ2) is 6.26. The fourth-order valence-corrected chi connectivity index (χ4v) is 2.88. The predicted molar refractivity (Wildman–Crippen MR) is 86.3 cm³/mol. The summed E-state index contributed by atoms with van der Waals surface area (Å²) in [5.74, 6) is 0.458. The summed E-state index contributed by atoms with van der Waals surface area (Å²) in [4.78, 5) is 0. The van der Waals surface area contributed by atoms with E-state index in [-0.39, 0.29) is 5.92 Å². The summed E-state index contributed by atoms with van der Waals surface area (Å²) in [7, 11) is 1.63. The molecule has 0 saturated heterocycles. The number of rotatable bonds is 3. The lowest BCUT2D eigenvalue weighted by Crippen LogP contribution is -2.18. The smallest absolute Gasteiger partial charge is 0.201 e. The van der Waals surface area contributed by atoms with Crippen LogP contribution in [0.3, 0.4) is 0 Å². The molecule has 2 aromatic carbocycles. The molecule has 0 bridgehead atoms. The van der Waals surface area contributed by atoms with Crippen molar-refractivity contribution in [3.63, 3.8) is 0 Å². The molecule has 0 saturated carbocycles. The van der Waals surface area contributed by atoms with E-state index in [1.807, 2.05) is 55.5 Å². The summed E-state index contributed by atoms with van der Waals surface area (Å²) in [5, 5.41) is 0. The van der Waals surface area contributed by atoms with Crippen LogP contribution in [0.5, 0.6) is 5.75 Å². The summed E-state index contributed by atoms with van der Waals surface area (Å²) in [6, 6.07) is 15.6. The topological polar surface area (TPSA) is 9.23 Å². The molecule has 1 atom stereocenters. The first kappa shape index (κ1) is 15.5. The molecule has 1 unspecified atom stereocenters. The Hall–Kier alpha value is -0.890. The van der Waals surface area contributed by atoms with E-state index in [0.717, 1.165) is 16.9 Å². The number of ether oxygens (including phenoxy) is 1. The minimum atomic E-state index is -1.41. The monoisotopic (exact) mass is 328 g/mol. The van der Waals surface area contributed by atoms with Crippen LogP contribution >= 0.6 is 34.8 Å². The van der Waals surface area contributed by atoms with Crippen LogP contribution in [0.2, 0.25) is 0 Å². The SMILES string of the molecule is COc1ccc(C(c2ccc(C)cc2)C(Cl)(Cl)Cl)cc1. The van der Waals surface area contributed by atoms with Crippen molar-refractivity contribution >= 4 is 34.8 Å². The van der Waals surface area contributed by atoms with Crippen LogP contribution in [0.1, 0.15) is 22.6 Å². The van der Waals surface area contributed by atoms with Crippen molar-refractivity contribution in [1.82, 2.24) is 0 Å². The molecule has 0 aromatic heterocycles.